The lowest BCUT2D eigenvalue weighted by Gasteiger charge is -2.33. The third kappa shape index (κ3) is 1.98. The maximum absolute atomic E-state index is 11.8. The van der Waals surface area contributed by atoms with Crippen LogP contribution in [0.3, 0.4) is 0 Å². The van der Waals surface area contributed by atoms with Crippen LogP contribution in [0.5, 0.6) is 0 Å². The second-order valence-corrected chi connectivity index (χ2v) is 6.37. The van der Waals surface area contributed by atoms with Gasteiger partial charge in [-0.25, -0.2) is 0 Å². The van der Waals surface area contributed by atoms with Crippen molar-refractivity contribution in [3.05, 3.63) is 5.82 Å². The predicted molar refractivity (Wildman–Crippen MR) is 72.6 cm³/mol. The molecular weight excluding hydrogens is 258 g/mol. The van der Waals surface area contributed by atoms with Crippen molar-refractivity contribution in [1.29, 1.82) is 0 Å². The summed E-state index contributed by atoms with van der Waals surface area (Å²) >= 11 is 0. The molecule has 6 heteroatoms. The fraction of sp³-hybridized carbons (Fsp3) is 0.786. The fourth-order valence-corrected chi connectivity index (χ4v) is 3.54. The summed E-state index contributed by atoms with van der Waals surface area (Å²) in [7, 11) is 0. The van der Waals surface area contributed by atoms with Crippen LogP contribution in [0.25, 0.3) is 0 Å². The lowest BCUT2D eigenvalue weighted by Crippen LogP contribution is -2.41. The van der Waals surface area contributed by atoms with E-state index in [1.807, 2.05) is 18.7 Å². The van der Waals surface area contributed by atoms with Gasteiger partial charge in [0.25, 0.3) is 0 Å². The van der Waals surface area contributed by atoms with Gasteiger partial charge in [-0.05, 0) is 18.8 Å². The Morgan fingerprint density at radius 3 is 2.90 bits per heavy atom. The van der Waals surface area contributed by atoms with Crippen LogP contribution in [0.1, 0.15) is 51.3 Å². The number of fused-ring (bicyclic) bond motifs is 1. The third-order valence-corrected chi connectivity index (χ3v) is 4.76. The number of carboxylic acids is 1. The number of carboxylic acid groups (broad SMARTS) is 1. The monoisotopic (exact) mass is 279 g/mol. The van der Waals surface area contributed by atoms with Crippen LogP contribution >= 0.6 is 0 Å². The molecule has 6 nitrogen and oxygen atoms in total. The maximum Gasteiger partial charge on any atom is 0.324 e. The van der Waals surface area contributed by atoms with Gasteiger partial charge in [-0.1, -0.05) is 31.8 Å². The van der Waals surface area contributed by atoms with E-state index in [0.717, 1.165) is 25.7 Å². The summed E-state index contributed by atoms with van der Waals surface area (Å²) in [5, 5.41) is 13.6. The summed E-state index contributed by atoms with van der Waals surface area (Å²) < 4.78 is 5.31. The van der Waals surface area contributed by atoms with Crippen LogP contribution in [0.4, 0.5) is 6.01 Å². The van der Waals surface area contributed by atoms with E-state index in [4.69, 9.17) is 4.52 Å². The van der Waals surface area contributed by atoms with Crippen molar-refractivity contribution in [2.75, 3.05) is 18.0 Å². The van der Waals surface area contributed by atoms with Gasteiger partial charge in [0.1, 0.15) is 0 Å². The molecule has 1 aliphatic heterocycles. The summed E-state index contributed by atoms with van der Waals surface area (Å²) in [6, 6.07) is 0.476. The Hall–Kier alpha value is -1.59. The van der Waals surface area contributed by atoms with Gasteiger partial charge < -0.3 is 14.5 Å². The molecule has 2 fully saturated rings. The Balaban J connectivity index is 1.84. The van der Waals surface area contributed by atoms with Gasteiger partial charge in [-0.3, -0.25) is 4.79 Å². The summed E-state index contributed by atoms with van der Waals surface area (Å²) in [5.41, 5.74) is -0.620. The SMILES string of the molecule is CC(C)c1noc(N2C[C@@H]3CCCC[C@]3(C(=O)O)C2)n1. The molecule has 1 saturated heterocycles. The van der Waals surface area contributed by atoms with Crippen molar-refractivity contribution in [1.82, 2.24) is 10.1 Å². The van der Waals surface area contributed by atoms with Gasteiger partial charge >= 0.3 is 12.0 Å². The van der Waals surface area contributed by atoms with E-state index in [9.17, 15) is 9.90 Å². The molecule has 2 heterocycles. The molecular formula is C14H21N3O3. The first-order chi connectivity index (χ1) is 9.53. The van der Waals surface area contributed by atoms with Crippen LogP contribution < -0.4 is 4.90 Å². The number of nitrogens with zero attached hydrogens (tertiary/aromatic N) is 3. The molecule has 0 radical (unpaired) electrons. The summed E-state index contributed by atoms with van der Waals surface area (Å²) in [6.07, 6.45) is 3.86. The van der Waals surface area contributed by atoms with Crippen molar-refractivity contribution in [3.8, 4) is 0 Å². The normalized spacial score (nSPS) is 29.8. The largest absolute Gasteiger partial charge is 0.481 e. The van der Waals surface area contributed by atoms with E-state index >= 15 is 0 Å². The molecule has 3 rings (SSSR count). The Labute approximate surface area is 118 Å². The Bertz CT molecular complexity index is 514. The first kappa shape index (κ1) is 13.4. The summed E-state index contributed by atoms with van der Waals surface area (Å²) in [5.74, 6) is 0.418. The second-order valence-electron chi connectivity index (χ2n) is 6.37. The zero-order chi connectivity index (χ0) is 14.3. The van der Waals surface area contributed by atoms with Crippen LogP contribution in [0.15, 0.2) is 4.52 Å². The molecule has 1 aromatic rings. The van der Waals surface area contributed by atoms with Crippen molar-refractivity contribution >= 4 is 12.0 Å². The molecule has 0 unspecified atom stereocenters. The molecule has 1 saturated carbocycles. The topological polar surface area (TPSA) is 79.5 Å². The number of anilines is 1. The van der Waals surface area contributed by atoms with E-state index < -0.39 is 11.4 Å². The minimum absolute atomic E-state index is 0.197. The van der Waals surface area contributed by atoms with E-state index in [-0.39, 0.29) is 11.8 Å². The fourth-order valence-electron chi connectivity index (χ4n) is 3.54. The van der Waals surface area contributed by atoms with E-state index in [1.165, 1.54) is 0 Å². The highest BCUT2D eigenvalue weighted by Crippen LogP contribution is 2.47. The Morgan fingerprint density at radius 1 is 1.50 bits per heavy atom. The number of rotatable bonds is 3. The molecule has 0 aromatic carbocycles. The molecule has 1 aliphatic carbocycles. The molecule has 1 aromatic heterocycles. The molecule has 0 spiro atoms. The number of aromatic nitrogens is 2. The molecule has 0 bridgehead atoms. The quantitative estimate of drug-likeness (QED) is 0.914. The number of hydrogen-bond acceptors (Lipinski definition) is 5. The summed E-state index contributed by atoms with van der Waals surface area (Å²) in [6.45, 7) is 5.23. The average Bonchev–Trinajstić information content (AvgIpc) is 3.03. The van der Waals surface area contributed by atoms with E-state index in [0.29, 0.717) is 24.9 Å². The van der Waals surface area contributed by atoms with Crippen LogP contribution in [0.2, 0.25) is 0 Å². The molecule has 0 amide bonds. The average molecular weight is 279 g/mol. The highest BCUT2D eigenvalue weighted by molar-refractivity contribution is 5.77. The standard InChI is InChI=1S/C14H21N3O3/c1-9(2)11-15-13(20-16-11)17-7-10-5-3-4-6-14(10,8-17)12(18)19/h9-10H,3-8H2,1-2H3,(H,18,19)/t10-,14-/m0/s1. The third-order valence-electron chi connectivity index (χ3n) is 4.76. The molecule has 1 N–H and O–H groups in total. The Morgan fingerprint density at radius 2 is 2.30 bits per heavy atom. The number of aliphatic carboxylic acids is 1. The van der Waals surface area contributed by atoms with Gasteiger partial charge in [0.05, 0.1) is 5.41 Å². The molecule has 2 atom stereocenters. The van der Waals surface area contributed by atoms with Gasteiger partial charge in [0.15, 0.2) is 5.82 Å². The van der Waals surface area contributed by atoms with E-state index in [2.05, 4.69) is 10.1 Å². The number of hydrogen-bond donors (Lipinski definition) is 1. The van der Waals surface area contributed by atoms with Gasteiger partial charge in [-0.2, -0.15) is 4.98 Å². The predicted octanol–water partition coefficient (Wildman–Crippen LogP) is 2.27. The van der Waals surface area contributed by atoms with Gasteiger partial charge in [0.2, 0.25) is 0 Å². The lowest BCUT2D eigenvalue weighted by atomic mass is 9.68. The van der Waals surface area contributed by atoms with Crippen LogP contribution in [0, 0.1) is 11.3 Å². The van der Waals surface area contributed by atoms with Crippen molar-refractivity contribution in [2.45, 2.75) is 45.4 Å². The maximum atomic E-state index is 11.8. The summed E-state index contributed by atoms with van der Waals surface area (Å²) in [4.78, 5) is 18.1. The first-order valence-corrected chi connectivity index (χ1v) is 7.35. The van der Waals surface area contributed by atoms with E-state index in [1.54, 1.807) is 0 Å². The Kier molecular flexibility index (Phi) is 3.18. The van der Waals surface area contributed by atoms with Gasteiger partial charge in [-0.15, -0.1) is 0 Å². The van der Waals surface area contributed by atoms with Crippen molar-refractivity contribution < 1.29 is 14.4 Å². The van der Waals surface area contributed by atoms with Crippen molar-refractivity contribution in [2.24, 2.45) is 11.3 Å². The zero-order valence-corrected chi connectivity index (χ0v) is 12.0. The molecule has 2 aliphatic rings. The highest BCUT2D eigenvalue weighted by Gasteiger charge is 2.54. The smallest absolute Gasteiger partial charge is 0.324 e. The second kappa shape index (κ2) is 4.75. The highest BCUT2D eigenvalue weighted by atomic mass is 16.5. The van der Waals surface area contributed by atoms with Gasteiger partial charge in [0, 0.05) is 19.0 Å². The first-order valence-electron chi connectivity index (χ1n) is 7.35. The number of carbonyl (C=O) groups is 1. The lowest BCUT2D eigenvalue weighted by molar-refractivity contribution is -0.152. The van der Waals surface area contributed by atoms with Crippen molar-refractivity contribution in [3.63, 3.8) is 0 Å². The zero-order valence-electron chi connectivity index (χ0n) is 12.0. The molecule has 110 valence electrons. The minimum atomic E-state index is -0.673. The minimum Gasteiger partial charge on any atom is -0.481 e. The van der Waals surface area contributed by atoms with Crippen LogP contribution in [-0.4, -0.2) is 34.3 Å². The van der Waals surface area contributed by atoms with Crippen LogP contribution in [-0.2, 0) is 4.79 Å². The molecule has 20 heavy (non-hydrogen) atoms.